The summed E-state index contributed by atoms with van der Waals surface area (Å²) in [6, 6.07) is 41.8. The minimum Gasteiger partial charge on any atom is -0.340 e. The Morgan fingerprint density at radius 1 is 0.295 bits per heavy atom. The standard InChI is InChI=1S/C72H78Cl4N2/c1-5-9-13-17-21-47-25-35-62-55(43-47)56-44-48(22-18-14-10-6-2)26-36-63(56)77(62)41-39-52-53-31-34-61(75)70-67(53)71(69-60(74)33-30-51-29-32-59(73)68(70)66(51)69)72(76)54(52)40-42-78-64-37-27-49(23-19-15-11-7-3)45-57(64)58-46-50(28-38-65(58)78)24-20-16-12-8-4/h25-38,43-46H,5-24,39-42H2,1-4H3. The molecule has 0 bridgehead atoms. The molecule has 0 fully saturated rings. The lowest BCUT2D eigenvalue weighted by Gasteiger charge is -2.24. The minimum absolute atomic E-state index is 0.659. The molecule has 2 aromatic heterocycles. The summed E-state index contributed by atoms with van der Waals surface area (Å²) in [5.41, 5.74) is 13.3. The molecular formula is C72H78Cl4N2. The molecule has 78 heavy (non-hydrogen) atoms. The van der Waals surface area contributed by atoms with Gasteiger partial charge in [0.05, 0.1) is 5.02 Å². The molecule has 11 aromatic rings. The van der Waals surface area contributed by atoms with E-state index in [-0.39, 0.29) is 0 Å². The average molecular weight is 1110 g/mol. The van der Waals surface area contributed by atoms with Crippen LogP contribution in [0.15, 0.2) is 109 Å². The van der Waals surface area contributed by atoms with Crippen molar-refractivity contribution in [3.8, 4) is 0 Å². The third-order valence-corrected chi connectivity index (χ3v) is 19.0. The lowest BCUT2D eigenvalue weighted by molar-refractivity contribution is 0.667. The number of rotatable bonds is 26. The van der Waals surface area contributed by atoms with Crippen LogP contribution in [0, 0.1) is 0 Å². The predicted molar refractivity (Wildman–Crippen MR) is 345 cm³/mol. The van der Waals surface area contributed by atoms with Gasteiger partial charge in [0.1, 0.15) is 0 Å². The van der Waals surface area contributed by atoms with Crippen LogP contribution < -0.4 is 0 Å². The Labute approximate surface area is 483 Å². The molecule has 0 aliphatic heterocycles. The number of hydrogen-bond donors (Lipinski definition) is 0. The Morgan fingerprint density at radius 3 is 1.03 bits per heavy atom. The van der Waals surface area contributed by atoms with Crippen LogP contribution in [0.5, 0.6) is 0 Å². The number of nitrogens with zero attached hydrogens (tertiary/aromatic N) is 2. The van der Waals surface area contributed by atoms with Crippen LogP contribution in [-0.4, -0.2) is 9.13 Å². The van der Waals surface area contributed by atoms with E-state index in [4.69, 9.17) is 46.4 Å². The fourth-order valence-corrected chi connectivity index (χ4v) is 14.7. The quantitative estimate of drug-likeness (QED) is 0.0291. The van der Waals surface area contributed by atoms with Crippen LogP contribution in [0.3, 0.4) is 0 Å². The number of halogens is 4. The molecule has 0 aliphatic carbocycles. The van der Waals surface area contributed by atoms with Crippen molar-refractivity contribution in [3.63, 3.8) is 0 Å². The van der Waals surface area contributed by atoms with Crippen LogP contribution in [-0.2, 0) is 51.6 Å². The SMILES string of the molecule is CCCCCCc1ccc2c(c1)c1cc(CCCCCC)ccc1n2CCc1c(CCn2c3ccc(CCCCCC)cc3c3cc(CCCCCC)ccc32)c2ccc(Cl)c3c4c(Cl)ccc5ccc(Cl)c(c(c1Cl)c23)c54. The van der Waals surface area contributed by atoms with Gasteiger partial charge in [-0.25, -0.2) is 0 Å². The van der Waals surface area contributed by atoms with E-state index < -0.39 is 0 Å². The van der Waals surface area contributed by atoms with Crippen LogP contribution in [0.25, 0.3) is 86.7 Å². The van der Waals surface area contributed by atoms with Gasteiger partial charge in [0.15, 0.2) is 0 Å². The molecule has 0 unspecified atom stereocenters. The van der Waals surface area contributed by atoms with Gasteiger partial charge in [0.2, 0.25) is 0 Å². The van der Waals surface area contributed by atoms with Gasteiger partial charge >= 0.3 is 0 Å². The van der Waals surface area contributed by atoms with E-state index in [0.717, 1.165) is 99.7 Å². The van der Waals surface area contributed by atoms with Crippen molar-refractivity contribution in [2.45, 2.75) is 182 Å². The zero-order valence-electron chi connectivity index (χ0n) is 46.8. The Bertz CT molecular complexity index is 3780. The van der Waals surface area contributed by atoms with Crippen molar-refractivity contribution in [1.82, 2.24) is 9.13 Å². The smallest absolute Gasteiger partial charge is 0.0527 e. The van der Waals surface area contributed by atoms with Crippen LogP contribution in [0.4, 0.5) is 0 Å². The third kappa shape index (κ3) is 10.8. The zero-order valence-corrected chi connectivity index (χ0v) is 49.8. The maximum atomic E-state index is 8.23. The molecule has 0 amide bonds. The summed E-state index contributed by atoms with van der Waals surface area (Å²) in [6.45, 7) is 10.7. The highest BCUT2D eigenvalue weighted by Crippen LogP contribution is 2.52. The van der Waals surface area contributed by atoms with E-state index in [1.54, 1.807) is 0 Å². The van der Waals surface area contributed by atoms with E-state index >= 15 is 0 Å². The molecule has 0 aliphatic rings. The average Bonchev–Trinajstić information content (AvgIpc) is 3.91. The van der Waals surface area contributed by atoms with Crippen molar-refractivity contribution in [2.24, 2.45) is 0 Å². The Hall–Kier alpha value is -4.96. The molecule has 0 N–H and O–H groups in total. The van der Waals surface area contributed by atoms with Crippen molar-refractivity contribution < 1.29 is 0 Å². The summed E-state index contributed by atoms with van der Waals surface area (Å²) in [6.07, 6.45) is 26.1. The summed E-state index contributed by atoms with van der Waals surface area (Å²) in [4.78, 5) is 0. The zero-order chi connectivity index (χ0) is 53.9. The maximum absolute atomic E-state index is 8.23. The Kier molecular flexibility index (Phi) is 17.5. The lowest BCUT2D eigenvalue weighted by atomic mass is 9.85. The van der Waals surface area contributed by atoms with E-state index in [9.17, 15) is 0 Å². The van der Waals surface area contributed by atoms with Gasteiger partial charge in [0.25, 0.3) is 0 Å². The van der Waals surface area contributed by atoms with Gasteiger partial charge in [-0.15, -0.1) is 0 Å². The normalized spacial score (nSPS) is 12.3. The molecule has 0 saturated heterocycles. The van der Waals surface area contributed by atoms with Gasteiger partial charge in [-0.2, -0.15) is 0 Å². The summed E-state index contributed by atoms with van der Waals surface area (Å²) >= 11 is 30.4. The number of unbranched alkanes of at least 4 members (excludes halogenated alkanes) is 12. The van der Waals surface area contributed by atoms with Gasteiger partial charge in [-0.1, -0.05) is 194 Å². The largest absolute Gasteiger partial charge is 0.340 e. The van der Waals surface area contributed by atoms with E-state index in [1.807, 2.05) is 12.1 Å². The molecule has 2 heterocycles. The van der Waals surface area contributed by atoms with E-state index in [1.165, 1.54) is 180 Å². The first-order valence-corrected chi connectivity index (χ1v) is 31.7. The molecule has 0 radical (unpaired) electrons. The summed E-state index contributed by atoms with van der Waals surface area (Å²) in [5.74, 6) is 0. The number of hydrogen-bond acceptors (Lipinski definition) is 0. The van der Waals surface area contributed by atoms with E-state index in [2.05, 4.69) is 134 Å². The van der Waals surface area contributed by atoms with Crippen molar-refractivity contribution in [1.29, 1.82) is 0 Å². The first-order chi connectivity index (χ1) is 38.2. The second-order valence-electron chi connectivity index (χ2n) is 22.9. The predicted octanol–water partition coefficient (Wildman–Crippen LogP) is 23.5. The third-order valence-electron chi connectivity index (χ3n) is 17.6. The van der Waals surface area contributed by atoms with Crippen molar-refractivity contribution in [3.05, 3.63) is 163 Å². The van der Waals surface area contributed by atoms with Crippen molar-refractivity contribution >= 4 is 133 Å². The molecule has 0 atom stereocenters. The summed E-state index contributed by atoms with van der Waals surface area (Å²) in [7, 11) is 0. The highest BCUT2D eigenvalue weighted by atomic mass is 35.5. The number of fused-ring (bicyclic) bond motifs is 8. The van der Waals surface area contributed by atoms with Gasteiger partial charge < -0.3 is 9.13 Å². The number of aromatic nitrogens is 2. The van der Waals surface area contributed by atoms with Crippen LogP contribution in [0.2, 0.25) is 20.1 Å². The second kappa shape index (κ2) is 24.8. The molecule has 9 aromatic carbocycles. The Morgan fingerprint density at radius 2 is 0.641 bits per heavy atom. The van der Waals surface area contributed by atoms with Gasteiger partial charge in [-0.05, 0) is 175 Å². The Balaban J connectivity index is 1.07. The molecule has 2 nitrogen and oxygen atoms in total. The fourth-order valence-electron chi connectivity index (χ4n) is 13.5. The molecular weight excluding hydrogens is 1030 g/mol. The number of benzene rings is 9. The van der Waals surface area contributed by atoms with Crippen LogP contribution >= 0.6 is 46.4 Å². The lowest BCUT2D eigenvalue weighted by Crippen LogP contribution is -2.09. The summed E-state index contributed by atoms with van der Waals surface area (Å²) < 4.78 is 5.19. The topological polar surface area (TPSA) is 9.86 Å². The summed E-state index contributed by atoms with van der Waals surface area (Å²) in [5, 5.41) is 16.3. The van der Waals surface area contributed by atoms with Crippen LogP contribution in [0.1, 0.15) is 164 Å². The molecule has 6 heteroatoms. The van der Waals surface area contributed by atoms with E-state index in [0.29, 0.717) is 15.1 Å². The second-order valence-corrected chi connectivity index (χ2v) is 24.5. The first kappa shape index (κ1) is 55.0. The minimum atomic E-state index is 0.659. The first-order valence-electron chi connectivity index (χ1n) is 30.2. The molecule has 0 spiro atoms. The monoisotopic (exact) mass is 1110 g/mol. The molecule has 11 rings (SSSR count). The van der Waals surface area contributed by atoms with Gasteiger partial charge in [0, 0.05) is 104 Å². The highest BCUT2D eigenvalue weighted by Gasteiger charge is 2.26. The maximum Gasteiger partial charge on any atom is 0.0527 e. The number of aryl methyl sites for hydroxylation is 7. The molecule has 404 valence electrons. The fraction of sp³-hybridized carbons (Fsp3) is 0.389. The van der Waals surface area contributed by atoms with Crippen molar-refractivity contribution in [2.75, 3.05) is 0 Å². The highest BCUT2D eigenvalue weighted by molar-refractivity contribution is 6.53. The molecule has 0 saturated carbocycles. The van der Waals surface area contributed by atoms with Gasteiger partial charge in [-0.3, -0.25) is 0 Å².